The summed E-state index contributed by atoms with van der Waals surface area (Å²) in [5.41, 5.74) is 9.77. The fourth-order valence-electron chi connectivity index (χ4n) is 1.61. The van der Waals surface area contributed by atoms with E-state index in [4.69, 9.17) is 11.5 Å². The van der Waals surface area contributed by atoms with E-state index in [0.717, 1.165) is 12.8 Å². The van der Waals surface area contributed by atoms with E-state index in [1.807, 2.05) is 6.92 Å². The molecule has 8 heteroatoms. The van der Waals surface area contributed by atoms with Crippen LogP contribution in [0.15, 0.2) is 9.59 Å². The lowest BCUT2D eigenvalue weighted by Gasteiger charge is -2.13. The lowest BCUT2D eigenvalue weighted by Crippen LogP contribution is -2.34. The van der Waals surface area contributed by atoms with Crippen molar-refractivity contribution in [2.24, 2.45) is 5.73 Å². The van der Waals surface area contributed by atoms with Crippen LogP contribution in [-0.2, 0) is 11.3 Å². The van der Waals surface area contributed by atoms with E-state index >= 15 is 0 Å². The number of aromatic amines is 1. The van der Waals surface area contributed by atoms with Gasteiger partial charge in [-0.25, -0.2) is 4.79 Å². The molecular formula is C11H19N5O3. The van der Waals surface area contributed by atoms with Crippen LogP contribution in [0.2, 0.25) is 0 Å². The minimum Gasteiger partial charge on any atom is -0.383 e. The highest BCUT2D eigenvalue weighted by atomic mass is 16.2. The summed E-state index contributed by atoms with van der Waals surface area (Å²) in [6, 6.07) is 0. The van der Waals surface area contributed by atoms with E-state index in [1.165, 1.54) is 4.57 Å². The first-order valence-corrected chi connectivity index (χ1v) is 6.12. The Balaban J connectivity index is 3.00. The Labute approximate surface area is 109 Å². The number of carbonyl (C=O) groups is 1. The molecule has 1 amide bonds. The van der Waals surface area contributed by atoms with Gasteiger partial charge in [-0.15, -0.1) is 0 Å². The number of carbonyl (C=O) groups excluding carboxylic acids is 1. The number of nitrogens with two attached hydrogens (primary N) is 2. The van der Waals surface area contributed by atoms with Crippen molar-refractivity contribution in [1.29, 1.82) is 0 Å². The molecule has 0 fully saturated rings. The van der Waals surface area contributed by atoms with Crippen LogP contribution in [0.1, 0.15) is 26.2 Å². The molecule has 8 nitrogen and oxygen atoms in total. The molecule has 0 aliphatic heterocycles. The first-order valence-electron chi connectivity index (χ1n) is 6.12. The topological polar surface area (TPSA) is 136 Å². The zero-order valence-electron chi connectivity index (χ0n) is 10.9. The Morgan fingerprint density at radius 2 is 2.11 bits per heavy atom. The van der Waals surface area contributed by atoms with Gasteiger partial charge in [0.15, 0.2) is 0 Å². The molecule has 106 valence electrons. The van der Waals surface area contributed by atoms with Crippen molar-refractivity contribution in [2.75, 3.05) is 17.6 Å². The number of hydrogen-bond donors (Lipinski definition) is 4. The highest BCUT2D eigenvalue weighted by molar-refractivity contribution is 5.74. The lowest BCUT2D eigenvalue weighted by atomic mass is 10.3. The van der Waals surface area contributed by atoms with Gasteiger partial charge < -0.3 is 16.8 Å². The molecule has 0 atom stereocenters. The van der Waals surface area contributed by atoms with Gasteiger partial charge in [0.2, 0.25) is 5.91 Å². The standard InChI is InChI=1S/C11H19N5O3/c1-2-3-6-16-9(13)8(10(18)15-11(16)19)14-5-4-7(12)17/h14H,2-6,13H2,1H3,(H2,12,17)(H,15,18,19). The van der Waals surface area contributed by atoms with Gasteiger partial charge in [0.05, 0.1) is 0 Å². The minimum absolute atomic E-state index is 0.0756. The molecule has 1 heterocycles. The van der Waals surface area contributed by atoms with Crippen LogP contribution in [-0.4, -0.2) is 22.0 Å². The monoisotopic (exact) mass is 269 g/mol. The van der Waals surface area contributed by atoms with Crippen molar-refractivity contribution in [3.8, 4) is 0 Å². The summed E-state index contributed by atoms with van der Waals surface area (Å²) in [6.45, 7) is 2.61. The number of nitrogens with zero attached hydrogens (tertiary/aromatic N) is 1. The largest absolute Gasteiger partial charge is 0.383 e. The summed E-state index contributed by atoms with van der Waals surface area (Å²) in [5, 5.41) is 2.73. The van der Waals surface area contributed by atoms with Crippen molar-refractivity contribution < 1.29 is 4.79 Å². The number of primary amides is 1. The smallest absolute Gasteiger partial charge is 0.330 e. The lowest BCUT2D eigenvalue weighted by molar-refractivity contribution is -0.117. The second-order valence-electron chi connectivity index (χ2n) is 4.17. The number of H-pyrrole nitrogens is 1. The fraction of sp³-hybridized carbons (Fsp3) is 0.545. The molecule has 1 rings (SSSR count). The molecule has 19 heavy (non-hydrogen) atoms. The average Bonchev–Trinajstić information content (AvgIpc) is 2.32. The third kappa shape index (κ3) is 3.87. The quantitative estimate of drug-likeness (QED) is 0.514. The second kappa shape index (κ2) is 6.62. The molecule has 0 spiro atoms. The van der Waals surface area contributed by atoms with Gasteiger partial charge in [0.1, 0.15) is 11.5 Å². The zero-order chi connectivity index (χ0) is 14.4. The predicted molar refractivity (Wildman–Crippen MR) is 72.9 cm³/mol. The van der Waals surface area contributed by atoms with Crippen molar-refractivity contribution >= 4 is 17.4 Å². The number of nitrogens with one attached hydrogen (secondary N) is 2. The molecule has 0 unspecified atom stereocenters. The van der Waals surface area contributed by atoms with Gasteiger partial charge in [-0.1, -0.05) is 13.3 Å². The molecular weight excluding hydrogens is 250 g/mol. The van der Waals surface area contributed by atoms with Crippen molar-refractivity contribution in [3.05, 3.63) is 20.8 Å². The van der Waals surface area contributed by atoms with E-state index in [9.17, 15) is 14.4 Å². The van der Waals surface area contributed by atoms with Gasteiger partial charge in [0, 0.05) is 19.5 Å². The summed E-state index contributed by atoms with van der Waals surface area (Å²) < 4.78 is 1.30. The SMILES string of the molecule is CCCCn1c(N)c(NCCC(N)=O)c(=O)[nH]c1=O. The van der Waals surface area contributed by atoms with Crippen LogP contribution in [0, 0.1) is 0 Å². The van der Waals surface area contributed by atoms with Crippen molar-refractivity contribution in [1.82, 2.24) is 9.55 Å². The maximum atomic E-state index is 11.6. The first-order chi connectivity index (χ1) is 8.97. The molecule has 0 radical (unpaired) electrons. The Kier molecular flexibility index (Phi) is 5.16. The number of unbranched alkanes of at least 4 members (excludes halogenated alkanes) is 1. The van der Waals surface area contributed by atoms with Gasteiger partial charge >= 0.3 is 5.69 Å². The summed E-state index contributed by atoms with van der Waals surface area (Å²) in [4.78, 5) is 36.1. The van der Waals surface area contributed by atoms with E-state index in [-0.39, 0.29) is 24.5 Å². The summed E-state index contributed by atoms with van der Waals surface area (Å²) in [6.07, 6.45) is 1.75. The summed E-state index contributed by atoms with van der Waals surface area (Å²) >= 11 is 0. The zero-order valence-corrected chi connectivity index (χ0v) is 10.9. The molecule has 0 saturated carbocycles. The molecule has 0 saturated heterocycles. The number of anilines is 2. The maximum Gasteiger partial charge on any atom is 0.330 e. The molecule has 1 aromatic heterocycles. The van der Waals surface area contributed by atoms with Crippen LogP contribution >= 0.6 is 0 Å². The van der Waals surface area contributed by atoms with Crippen LogP contribution in [0.4, 0.5) is 11.5 Å². The molecule has 0 aliphatic carbocycles. The molecule has 0 bridgehead atoms. The Bertz CT molecular complexity index is 560. The van der Waals surface area contributed by atoms with Crippen LogP contribution in [0.25, 0.3) is 0 Å². The number of aromatic nitrogens is 2. The number of amides is 1. The Hall–Kier alpha value is -2.25. The van der Waals surface area contributed by atoms with E-state index in [2.05, 4.69) is 10.3 Å². The Morgan fingerprint density at radius 1 is 1.42 bits per heavy atom. The van der Waals surface area contributed by atoms with Crippen LogP contribution < -0.4 is 28.0 Å². The maximum absolute atomic E-state index is 11.6. The van der Waals surface area contributed by atoms with Gasteiger partial charge in [-0.3, -0.25) is 19.1 Å². The number of nitrogen functional groups attached to an aromatic ring is 1. The highest BCUT2D eigenvalue weighted by Gasteiger charge is 2.11. The molecule has 6 N–H and O–H groups in total. The van der Waals surface area contributed by atoms with E-state index in [0.29, 0.717) is 6.54 Å². The normalized spacial score (nSPS) is 10.4. The second-order valence-corrected chi connectivity index (χ2v) is 4.17. The number of rotatable bonds is 7. The van der Waals surface area contributed by atoms with Crippen molar-refractivity contribution in [2.45, 2.75) is 32.7 Å². The predicted octanol–water partition coefficient (Wildman–Crippen LogP) is -0.794. The third-order valence-electron chi connectivity index (χ3n) is 2.65. The highest BCUT2D eigenvalue weighted by Crippen LogP contribution is 2.10. The number of hydrogen-bond acceptors (Lipinski definition) is 5. The van der Waals surface area contributed by atoms with Gasteiger partial charge in [0.25, 0.3) is 5.56 Å². The van der Waals surface area contributed by atoms with E-state index < -0.39 is 17.2 Å². The summed E-state index contributed by atoms with van der Waals surface area (Å²) in [5.74, 6) is -0.409. The van der Waals surface area contributed by atoms with Crippen molar-refractivity contribution in [3.63, 3.8) is 0 Å². The van der Waals surface area contributed by atoms with Gasteiger partial charge in [-0.2, -0.15) is 0 Å². The summed E-state index contributed by atoms with van der Waals surface area (Å²) in [7, 11) is 0. The minimum atomic E-state index is -0.597. The first kappa shape index (κ1) is 14.8. The molecule has 0 aliphatic rings. The molecule has 0 aromatic carbocycles. The van der Waals surface area contributed by atoms with Gasteiger partial charge in [-0.05, 0) is 6.42 Å². The fourth-order valence-corrected chi connectivity index (χ4v) is 1.61. The van der Waals surface area contributed by atoms with E-state index in [1.54, 1.807) is 0 Å². The average molecular weight is 269 g/mol. The van der Waals surface area contributed by atoms with Crippen LogP contribution in [0.5, 0.6) is 0 Å². The molecule has 1 aromatic rings. The third-order valence-corrected chi connectivity index (χ3v) is 2.65. The van der Waals surface area contributed by atoms with Crippen LogP contribution in [0.3, 0.4) is 0 Å². The Morgan fingerprint density at radius 3 is 2.68 bits per heavy atom.